The van der Waals surface area contributed by atoms with Gasteiger partial charge in [-0.25, -0.2) is 15.0 Å². The number of aromatic nitrogens is 4. The van der Waals surface area contributed by atoms with Gasteiger partial charge >= 0.3 is 0 Å². The first-order valence-corrected chi connectivity index (χ1v) is 17.8. The minimum absolute atomic E-state index is 0.00918. The third kappa shape index (κ3) is 5.37. The van der Waals surface area contributed by atoms with E-state index in [0.29, 0.717) is 45.3 Å². The molecule has 0 atom stereocenters. The molecule has 0 spiro atoms. The van der Waals surface area contributed by atoms with Gasteiger partial charge in [-0.2, -0.15) is 0 Å². The van der Waals surface area contributed by atoms with Crippen molar-refractivity contribution in [2.24, 2.45) is 0 Å². The molecule has 5 heteroatoms. The molecule has 0 unspecified atom stereocenters. The van der Waals surface area contributed by atoms with Crippen LogP contribution in [0.5, 0.6) is 0 Å². The average Bonchev–Trinajstić information content (AvgIpc) is 3.92. The van der Waals surface area contributed by atoms with E-state index in [2.05, 4.69) is 0 Å². The third-order valence-corrected chi connectivity index (χ3v) is 9.83. The van der Waals surface area contributed by atoms with Crippen LogP contribution in [0.2, 0.25) is 0 Å². The Morgan fingerprint density at radius 3 is 1.84 bits per heavy atom. The number of para-hydroxylation sites is 4. The molecular formula is C51H32N4O. The first-order valence-electron chi connectivity index (χ1n) is 23.8. The van der Waals surface area contributed by atoms with E-state index in [1.165, 1.54) is 0 Å². The van der Waals surface area contributed by atoms with Gasteiger partial charge in [-0.05, 0) is 65.1 Å². The van der Waals surface area contributed by atoms with Crippen molar-refractivity contribution in [2.75, 3.05) is 0 Å². The van der Waals surface area contributed by atoms with Crippen LogP contribution in [0.1, 0.15) is 16.4 Å². The number of fused-ring (bicyclic) bond motifs is 6. The van der Waals surface area contributed by atoms with Crippen molar-refractivity contribution in [2.45, 2.75) is 0 Å². The Hall–Kier alpha value is -7.63. The molecule has 11 aromatic rings. The zero-order chi connectivity index (χ0) is 47.4. The molecule has 11 rings (SSSR count). The quantitative estimate of drug-likeness (QED) is 0.171. The van der Waals surface area contributed by atoms with E-state index in [0.717, 1.165) is 32.0 Å². The molecule has 8 aromatic carbocycles. The fourth-order valence-corrected chi connectivity index (χ4v) is 7.27. The monoisotopic (exact) mass is 728 g/mol. The SMILES string of the molecule is [2H]c1c([2H])c([2H])c(-n2c3c([2H])c([2H])c([2H])c([2H])c3c3c([2H])c([2H])c([2H])c(-c4cccc(-c5cccc(-c6nc(-c7ccccc7)nc(-c7ccc8c(c7)oc7ccccc78)n6)c5)c4)c32)c([2H])c1[2H]. The fraction of sp³-hybridized carbons (Fsp3) is 0. The first kappa shape index (κ1) is 21.9. The topological polar surface area (TPSA) is 56.7 Å². The number of hydrogen-bond acceptors (Lipinski definition) is 4. The van der Waals surface area contributed by atoms with E-state index < -0.39 is 78.2 Å². The molecular weight excluding hydrogens is 685 g/mol. The Balaban J connectivity index is 1.12. The fourth-order valence-electron chi connectivity index (χ4n) is 7.27. The summed E-state index contributed by atoms with van der Waals surface area (Å²) in [5.74, 6) is 1.27. The molecule has 0 aliphatic rings. The molecule has 0 fully saturated rings. The zero-order valence-electron chi connectivity index (χ0n) is 41.2. The second kappa shape index (κ2) is 13.0. The van der Waals surface area contributed by atoms with Gasteiger partial charge in [0.15, 0.2) is 17.5 Å². The van der Waals surface area contributed by atoms with Crippen molar-refractivity contribution in [1.29, 1.82) is 0 Å². The number of hydrogen-bond donors (Lipinski definition) is 0. The average molecular weight is 729 g/mol. The second-order valence-corrected chi connectivity index (χ2v) is 13.1. The molecule has 0 bridgehead atoms. The largest absolute Gasteiger partial charge is 0.456 e. The lowest BCUT2D eigenvalue weighted by Gasteiger charge is -2.13. The highest BCUT2D eigenvalue weighted by molar-refractivity contribution is 6.14. The lowest BCUT2D eigenvalue weighted by Crippen LogP contribution is -2.00. The van der Waals surface area contributed by atoms with Crippen molar-refractivity contribution in [3.8, 4) is 62.1 Å². The van der Waals surface area contributed by atoms with Crippen LogP contribution in [-0.4, -0.2) is 19.5 Å². The molecule has 0 saturated carbocycles. The normalized spacial score (nSPS) is 14.6. The van der Waals surface area contributed by atoms with Crippen LogP contribution in [0.3, 0.4) is 0 Å². The molecule has 0 aliphatic carbocycles. The Labute approximate surface area is 339 Å². The van der Waals surface area contributed by atoms with Gasteiger partial charge in [0.05, 0.1) is 27.5 Å². The van der Waals surface area contributed by atoms with Crippen LogP contribution in [0.4, 0.5) is 0 Å². The van der Waals surface area contributed by atoms with Gasteiger partial charge in [0, 0.05) is 49.5 Å². The van der Waals surface area contributed by atoms with E-state index >= 15 is 0 Å². The molecule has 0 N–H and O–H groups in total. The van der Waals surface area contributed by atoms with Gasteiger partial charge in [-0.3, -0.25) is 0 Å². The number of nitrogens with zero attached hydrogens (tertiary/aromatic N) is 4. The van der Waals surface area contributed by atoms with Crippen molar-refractivity contribution >= 4 is 43.7 Å². The van der Waals surface area contributed by atoms with Gasteiger partial charge in [-0.1, -0.05) is 145 Å². The smallest absolute Gasteiger partial charge is 0.164 e. The van der Waals surface area contributed by atoms with Gasteiger partial charge in [0.1, 0.15) is 11.2 Å². The zero-order valence-corrected chi connectivity index (χ0v) is 29.2. The summed E-state index contributed by atoms with van der Waals surface area (Å²) in [5.41, 5.74) is 4.50. The summed E-state index contributed by atoms with van der Waals surface area (Å²) in [5, 5.41) is 1.64. The summed E-state index contributed by atoms with van der Waals surface area (Å²) in [7, 11) is 0. The van der Waals surface area contributed by atoms with E-state index in [9.17, 15) is 1.37 Å². The summed E-state index contributed by atoms with van der Waals surface area (Å²) < 4.78 is 113. The number of furan rings is 1. The van der Waals surface area contributed by atoms with Crippen molar-refractivity contribution in [3.63, 3.8) is 0 Å². The Morgan fingerprint density at radius 2 is 1.02 bits per heavy atom. The van der Waals surface area contributed by atoms with Crippen molar-refractivity contribution < 1.29 is 20.9 Å². The summed E-state index contributed by atoms with van der Waals surface area (Å²) >= 11 is 0. The van der Waals surface area contributed by atoms with Gasteiger partial charge in [-0.15, -0.1) is 0 Å². The molecule has 0 aliphatic heterocycles. The van der Waals surface area contributed by atoms with Crippen LogP contribution in [-0.2, 0) is 0 Å². The Bertz CT molecular complexity index is 3940. The highest BCUT2D eigenvalue weighted by Crippen LogP contribution is 2.39. The van der Waals surface area contributed by atoms with Crippen LogP contribution >= 0.6 is 0 Å². The van der Waals surface area contributed by atoms with Crippen molar-refractivity contribution in [1.82, 2.24) is 19.5 Å². The van der Waals surface area contributed by atoms with Crippen LogP contribution < -0.4 is 0 Å². The maximum atomic E-state index is 9.37. The van der Waals surface area contributed by atoms with E-state index in [1.807, 2.05) is 103 Å². The third-order valence-electron chi connectivity index (χ3n) is 9.83. The van der Waals surface area contributed by atoms with Gasteiger partial charge < -0.3 is 8.98 Å². The Morgan fingerprint density at radius 1 is 0.411 bits per heavy atom. The molecule has 5 nitrogen and oxygen atoms in total. The maximum absolute atomic E-state index is 9.37. The standard InChI is InChI=1S/C51H32N4O/c1-3-14-33(15-4-1)49-52-50(54-51(53-49)38-28-29-43-42-23-8-10-27-46(42)56-47(43)32-38)37-19-12-17-35(31-37)34-16-11-18-36(30-34)40-24-13-25-44-41-22-7-9-26-45(41)55(48(40)44)39-20-5-2-6-21-39/h1-32H/i2D,5D,6D,7D,9D,13D,20D,21D,22D,24D,25D,26D. The number of benzene rings is 8. The minimum Gasteiger partial charge on any atom is -0.456 e. The van der Waals surface area contributed by atoms with Gasteiger partial charge in [0.25, 0.3) is 0 Å². The summed E-state index contributed by atoms with van der Waals surface area (Å²) in [6.07, 6.45) is 0. The van der Waals surface area contributed by atoms with E-state index in [-0.39, 0.29) is 27.4 Å². The van der Waals surface area contributed by atoms with Crippen LogP contribution in [0, 0.1) is 0 Å². The molecule has 56 heavy (non-hydrogen) atoms. The lowest BCUT2D eigenvalue weighted by atomic mass is 9.96. The van der Waals surface area contributed by atoms with Crippen LogP contribution in [0.25, 0.3) is 106 Å². The second-order valence-electron chi connectivity index (χ2n) is 13.1. The first-order chi connectivity index (χ1) is 32.7. The van der Waals surface area contributed by atoms with Crippen molar-refractivity contribution in [3.05, 3.63) is 194 Å². The molecule has 0 radical (unpaired) electrons. The molecule has 262 valence electrons. The molecule has 3 aromatic heterocycles. The summed E-state index contributed by atoms with van der Waals surface area (Å²) in [4.78, 5) is 14.8. The summed E-state index contributed by atoms with van der Waals surface area (Å²) in [6.45, 7) is 0. The lowest BCUT2D eigenvalue weighted by molar-refractivity contribution is 0.669. The molecule has 3 heterocycles. The summed E-state index contributed by atoms with van der Waals surface area (Å²) in [6, 6.07) is 30.5. The maximum Gasteiger partial charge on any atom is 0.164 e. The molecule has 0 saturated heterocycles. The highest BCUT2D eigenvalue weighted by Gasteiger charge is 2.18. The van der Waals surface area contributed by atoms with E-state index in [4.69, 9.17) is 34.4 Å². The Kier molecular flexibility index (Phi) is 5.10. The predicted octanol–water partition coefficient (Wildman–Crippen LogP) is 13.2. The highest BCUT2D eigenvalue weighted by atomic mass is 16.3. The van der Waals surface area contributed by atoms with Gasteiger partial charge in [0.2, 0.25) is 0 Å². The molecule has 0 amide bonds. The predicted molar refractivity (Wildman–Crippen MR) is 229 cm³/mol. The number of rotatable bonds is 6. The van der Waals surface area contributed by atoms with Crippen LogP contribution in [0.15, 0.2) is 198 Å². The van der Waals surface area contributed by atoms with E-state index in [1.54, 1.807) is 18.2 Å². The minimum atomic E-state index is -0.692.